The summed E-state index contributed by atoms with van der Waals surface area (Å²) in [5.41, 5.74) is 1.27. The van der Waals surface area contributed by atoms with Crippen LogP contribution < -0.4 is 10.6 Å². The summed E-state index contributed by atoms with van der Waals surface area (Å²) in [4.78, 5) is 13.2. The molecule has 3 nitrogen and oxygen atoms in total. The van der Waals surface area contributed by atoms with Crippen molar-refractivity contribution in [3.8, 4) is 0 Å². The van der Waals surface area contributed by atoms with Gasteiger partial charge in [-0.1, -0.05) is 37.8 Å². The predicted molar refractivity (Wildman–Crippen MR) is 89.6 cm³/mol. The van der Waals surface area contributed by atoms with Crippen LogP contribution in [0.25, 0.3) is 0 Å². The van der Waals surface area contributed by atoms with Gasteiger partial charge in [-0.2, -0.15) is 0 Å². The van der Waals surface area contributed by atoms with Crippen LogP contribution >= 0.6 is 11.8 Å². The van der Waals surface area contributed by atoms with Crippen LogP contribution in [0.3, 0.4) is 0 Å². The van der Waals surface area contributed by atoms with E-state index in [4.69, 9.17) is 0 Å². The molecule has 1 saturated carbocycles. The summed E-state index contributed by atoms with van der Waals surface area (Å²) in [6, 6.07) is 8.81. The zero-order valence-electron chi connectivity index (χ0n) is 12.9. The molecular weight excluding hydrogens is 280 g/mol. The number of thioether (sulfide) groups is 1. The monoisotopic (exact) mass is 306 g/mol. The van der Waals surface area contributed by atoms with Gasteiger partial charge in [0, 0.05) is 17.5 Å². The molecule has 0 spiro atoms. The Morgan fingerprint density at radius 1 is 1.14 bits per heavy atom. The molecule has 0 atom stereocenters. The highest BCUT2D eigenvalue weighted by Crippen LogP contribution is 2.20. The summed E-state index contributed by atoms with van der Waals surface area (Å²) in [5, 5.41) is 6.32. The highest BCUT2D eigenvalue weighted by Gasteiger charge is 2.14. The first-order valence-electron chi connectivity index (χ1n) is 7.93. The Morgan fingerprint density at radius 3 is 2.43 bits per heavy atom. The predicted octanol–water partition coefficient (Wildman–Crippen LogP) is 3.34. The molecule has 21 heavy (non-hydrogen) atoms. The molecule has 0 radical (unpaired) electrons. The van der Waals surface area contributed by atoms with Crippen molar-refractivity contribution in [1.82, 2.24) is 10.6 Å². The van der Waals surface area contributed by atoms with E-state index < -0.39 is 0 Å². The molecule has 1 aliphatic carbocycles. The van der Waals surface area contributed by atoms with E-state index in [9.17, 15) is 4.79 Å². The summed E-state index contributed by atoms with van der Waals surface area (Å²) in [7, 11) is 1.94. The van der Waals surface area contributed by atoms with E-state index in [2.05, 4.69) is 34.9 Å². The molecule has 116 valence electrons. The van der Waals surface area contributed by atoms with E-state index >= 15 is 0 Å². The van der Waals surface area contributed by atoms with Crippen LogP contribution in [0.5, 0.6) is 0 Å². The van der Waals surface area contributed by atoms with E-state index in [1.165, 1.54) is 31.2 Å². The smallest absolute Gasteiger partial charge is 0.230 e. The molecule has 1 amide bonds. The summed E-state index contributed by atoms with van der Waals surface area (Å²) in [6.07, 6.45) is 7.44. The van der Waals surface area contributed by atoms with Gasteiger partial charge in [-0.25, -0.2) is 0 Å². The summed E-state index contributed by atoms with van der Waals surface area (Å²) < 4.78 is 0. The maximum Gasteiger partial charge on any atom is 0.230 e. The lowest BCUT2D eigenvalue weighted by molar-refractivity contribution is -0.119. The minimum atomic E-state index is 0.172. The second kappa shape index (κ2) is 9.11. The lowest BCUT2D eigenvalue weighted by Gasteiger charge is -2.16. The van der Waals surface area contributed by atoms with Crippen molar-refractivity contribution in [2.75, 3.05) is 12.8 Å². The van der Waals surface area contributed by atoms with Gasteiger partial charge in [0.25, 0.3) is 0 Å². The second-order valence-electron chi connectivity index (χ2n) is 5.72. The summed E-state index contributed by atoms with van der Waals surface area (Å²) >= 11 is 1.62. The van der Waals surface area contributed by atoms with Crippen molar-refractivity contribution >= 4 is 17.7 Å². The van der Waals surface area contributed by atoms with Crippen LogP contribution in [0.2, 0.25) is 0 Å². The fourth-order valence-corrected chi connectivity index (χ4v) is 3.46. The Hall–Kier alpha value is -1.00. The molecule has 1 aliphatic rings. The van der Waals surface area contributed by atoms with E-state index in [0.29, 0.717) is 11.8 Å². The third-order valence-electron chi connectivity index (χ3n) is 3.89. The minimum Gasteiger partial charge on any atom is -0.353 e. The van der Waals surface area contributed by atoms with Crippen molar-refractivity contribution in [3.05, 3.63) is 29.8 Å². The molecule has 0 aliphatic heterocycles. The number of carbonyl (C=O) groups excluding carboxylic acids is 1. The molecule has 0 unspecified atom stereocenters. The van der Waals surface area contributed by atoms with Gasteiger partial charge in [0.05, 0.1) is 5.75 Å². The Kier molecular flexibility index (Phi) is 7.10. The highest BCUT2D eigenvalue weighted by atomic mass is 32.2. The SMILES string of the molecule is CNCc1ccc(SCC(=O)NC2CCCCCC2)cc1. The zero-order valence-corrected chi connectivity index (χ0v) is 13.7. The normalized spacial score (nSPS) is 16.4. The number of hydrogen-bond acceptors (Lipinski definition) is 3. The van der Waals surface area contributed by atoms with Crippen LogP contribution in [-0.4, -0.2) is 24.7 Å². The van der Waals surface area contributed by atoms with E-state index in [1.54, 1.807) is 11.8 Å². The number of hydrogen-bond donors (Lipinski definition) is 2. The largest absolute Gasteiger partial charge is 0.353 e. The standard InChI is InChI=1S/C17H26N2OS/c1-18-12-14-8-10-16(11-9-14)21-13-17(20)19-15-6-4-2-3-5-7-15/h8-11,15,18H,2-7,12-13H2,1H3,(H,19,20). The van der Waals surface area contributed by atoms with Gasteiger partial charge < -0.3 is 10.6 Å². The molecule has 0 heterocycles. The van der Waals surface area contributed by atoms with Gasteiger partial charge in [-0.05, 0) is 37.6 Å². The molecule has 2 N–H and O–H groups in total. The fourth-order valence-electron chi connectivity index (χ4n) is 2.75. The van der Waals surface area contributed by atoms with Crippen LogP contribution in [-0.2, 0) is 11.3 Å². The fraction of sp³-hybridized carbons (Fsp3) is 0.588. The van der Waals surface area contributed by atoms with Crippen molar-refractivity contribution in [2.45, 2.75) is 56.0 Å². The molecule has 2 rings (SSSR count). The minimum absolute atomic E-state index is 0.172. The second-order valence-corrected chi connectivity index (χ2v) is 6.77. The number of amides is 1. The highest BCUT2D eigenvalue weighted by molar-refractivity contribution is 8.00. The molecule has 1 fully saturated rings. The third-order valence-corrected chi connectivity index (χ3v) is 4.91. The van der Waals surface area contributed by atoms with Gasteiger partial charge in [-0.15, -0.1) is 11.8 Å². The average Bonchev–Trinajstić information content (AvgIpc) is 2.75. The van der Waals surface area contributed by atoms with Gasteiger partial charge in [0.1, 0.15) is 0 Å². The molecule has 0 saturated heterocycles. The lowest BCUT2D eigenvalue weighted by atomic mass is 10.1. The van der Waals surface area contributed by atoms with Crippen molar-refractivity contribution in [3.63, 3.8) is 0 Å². The molecule has 0 aromatic heterocycles. The molecule has 4 heteroatoms. The van der Waals surface area contributed by atoms with Gasteiger partial charge >= 0.3 is 0 Å². The first-order chi connectivity index (χ1) is 10.3. The van der Waals surface area contributed by atoms with Crippen LogP contribution in [0.15, 0.2) is 29.2 Å². The average molecular weight is 306 g/mol. The number of rotatable bonds is 6. The van der Waals surface area contributed by atoms with E-state index in [-0.39, 0.29) is 5.91 Å². The Balaban J connectivity index is 1.72. The summed E-state index contributed by atoms with van der Waals surface area (Å²) in [5.74, 6) is 0.688. The molecular formula is C17H26N2OS. The first-order valence-corrected chi connectivity index (χ1v) is 8.92. The van der Waals surface area contributed by atoms with Gasteiger partial charge in [-0.3, -0.25) is 4.79 Å². The van der Waals surface area contributed by atoms with Crippen LogP contribution in [0.1, 0.15) is 44.1 Å². The zero-order chi connectivity index (χ0) is 14.9. The summed E-state index contributed by atoms with van der Waals surface area (Å²) in [6.45, 7) is 0.882. The molecule has 1 aromatic carbocycles. The number of benzene rings is 1. The molecule has 1 aromatic rings. The van der Waals surface area contributed by atoms with Gasteiger partial charge in [0.2, 0.25) is 5.91 Å². The lowest BCUT2D eigenvalue weighted by Crippen LogP contribution is -2.35. The Morgan fingerprint density at radius 2 is 1.81 bits per heavy atom. The Labute approximate surface area is 132 Å². The maximum atomic E-state index is 12.0. The topological polar surface area (TPSA) is 41.1 Å². The number of nitrogens with one attached hydrogen (secondary N) is 2. The van der Waals surface area contributed by atoms with Crippen molar-refractivity contribution < 1.29 is 4.79 Å². The van der Waals surface area contributed by atoms with E-state index in [0.717, 1.165) is 24.3 Å². The first kappa shape index (κ1) is 16.4. The van der Waals surface area contributed by atoms with Gasteiger partial charge in [0.15, 0.2) is 0 Å². The van der Waals surface area contributed by atoms with Crippen LogP contribution in [0, 0.1) is 0 Å². The third kappa shape index (κ3) is 6.10. The van der Waals surface area contributed by atoms with Crippen molar-refractivity contribution in [1.29, 1.82) is 0 Å². The number of carbonyl (C=O) groups is 1. The van der Waals surface area contributed by atoms with Crippen molar-refractivity contribution in [2.24, 2.45) is 0 Å². The van der Waals surface area contributed by atoms with E-state index in [1.807, 2.05) is 7.05 Å². The van der Waals surface area contributed by atoms with Crippen LogP contribution in [0.4, 0.5) is 0 Å². The Bertz CT molecular complexity index is 425. The quantitative estimate of drug-likeness (QED) is 0.625. The molecule has 0 bridgehead atoms. The maximum absolute atomic E-state index is 12.0.